The van der Waals surface area contributed by atoms with Gasteiger partial charge >= 0.3 is 0 Å². The van der Waals surface area contributed by atoms with Crippen LogP contribution in [0.5, 0.6) is 0 Å². The monoisotopic (exact) mass is 490 g/mol. The van der Waals surface area contributed by atoms with Gasteiger partial charge in [-0.15, -0.1) is 0 Å². The number of anilines is 1. The Hall–Kier alpha value is -3.40. The van der Waals surface area contributed by atoms with Crippen molar-refractivity contribution in [2.24, 2.45) is 5.92 Å². The third-order valence-corrected chi connectivity index (χ3v) is 6.13. The largest absolute Gasteiger partial charge is 0.343 e. The number of benzene rings is 2. The first-order chi connectivity index (χ1) is 16.5. The molecule has 0 aromatic heterocycles. The van der Waals surface area contributed by atoms with Crippen LogP contribution >= 0.6 is 0 Å². The molecule has 188 valence electrons. The predicted octanol–water partition coefficient (Wildman–Crippen LogP) is 2.92. The summed E-state index contributed by atoms with van der Waals surface area (Å²) in [6, 6.07) is 4.18. The maximum Gasteiger partial charge on any atom is 0.251 e. The summed E-state index contributed by atoms with van der Waals surface area (Å²) in [7, 11) is 1.61. The van der Waals surface area contributed by atoms with Gasteiger partial charge in [0.1, 0.15) is 35.2 Å². The van der Waals surface area contributed by atoms with Gasteiger partial charge in [-0.1, -0.05) is 26.0 Å². The first-order valence-electron chi connectivity index (χ1n) is 11.4. The normalized spacial score (nSPS) is 16.9. The molecule has 3 N–H and O–H groups in total. The third-order valence-electron chi connectivity index (χ3n) is 6.13. The van der Waals surface area contributed by atoms with E-state index in [4.69, 9.17) is 0 Å². The summed E-state index contributed by atoms with van der Waals surface area (Å²) < 4.78 is 42.3. The minimum Gasteiger partial charge on any atom is -0.343 e. The van der Waals surface area contributed by atoms with Crippen molar-refractivity contribution in [2.75, 3.05) is 18.9 Å². The van der Waals surface area contributed by atoms with Crippen LogP contribution in [0.25, 0.3) is 0 Å². The molecule has 2 aromatic carbocycles. The van der Waals surface area contributed by atoms with Gasteiger partial charge in [-0.3, -0.25) is 14.4 Å². The number of carbonyl (C=O) groups excluding carboxylic acids is 3. The van der Waals surface area contributed by atoms with E-state index in [1.165, 1.54) is 17.0 Å². The van der Waals surface area contributed by atoms with E-state index in [9.17, 15) is 27.6 Å². The van der Waals surface area contributed by atoms with Crippen LogP contribution in [0.1, 0.15) is 37.9 Å². The van der Waals surface area contributed by atoms with E-state index in [-0.39, 0.29) is 18.9 Å². The number of nitrogens with zero attached hydrogens (tertiary/aromatic N) is 1. The second-order valence-electron chi connectivity index (χ2n) is 8.85. The molecule has 1 aliphatic rings. The fourth-order valence-corrected chi connectivity index (χ4v) is 4.03. The highest BCUT2D eigenvalue weighted by Gasteiger charge is 2.40. The van der Waals surface area contributed by atoms with Gasteiger partial charge in [-0.05, 0) is 61.7 Å². The zero-order valence-corrected chi connectivity index (χ0v) is 20.0. The molecule has 0 bridgehead atoms. The van der Waals surface area contributed by atoms with E-state index in [2.05, 4.69) is 16.0 Å². The third kappa shape index (κ3) is 5.64. The molecule has 0 saturated heterocycles. The molecule has 0 saturated carbocycles. The zero-order chi connectivity index (χ0) is 25.9. The number of rotatable bonds is 7. The van der Waals surface area contributed by atoms with E-state index in [1.54, 1.807) is 27.8 Å². The molecule has 0 fully saturated rings. The number of para-hydroxylation sites is 1. The van der Waals surface area contributed by atoms with E-state index in [0.29, 0.717) is 11.1 Å². The van der Waals surface area contributed by atoms with Crippen LogP contribution in [-0.2, 0) is 20.8 Å². The van der Waals surface area contributed by atoms with Crippen LogP contribution in [-0.4, -0.2) is 48.3 Å². The summed E-state index contributed by atoms with van der Waals surface area (Å²) in [5.41, 5.74) is 0.213. The Labute approximate surface area is 202 Å². The van der Waals surface area contributed by atoms with Crippen molar-refractivity contribution in [3.05, 3.63) is 65.0 Å². The lowest BCUT2D eigenvalue weighted by atomic mass is 9.90. The Balaban J connectivity index is 2.00. The van der Waals surface area contributed by atoms with Gasteiger partial charge in [0, 0.05) is 6.54 Å². The van der Waals surface area contributed by atoms with E-state index >= 15 is 0 Å². The van der Waals surface area contributed by atoms with Crippen molar-refractivity contribution in [2.45, 2.75) is 45.3 Å². The number of likely N-dealkylation sites (N-methyl/N-ethyl adjacent to an activating group) is 1. The molecule has 3 atom stereocenters. The summed E-state index contributed by atoms with van der Waals surface area (Å²) in [6.45, 7) is 5.20. The lowest BCUT2D eigenvalue weighted by molar-refractivity contribution is -0.144. The summed E-state index contributed by atoms with van der Waals surface area (Å²) in [5, 5.41) is 7.77. The number of hydrogen-bond acceptors (Lipinski definition) is 4. The number of nitrogens with one attached hydrogen (secondary N) is 3. The van der Waals surface area contributed by atoms with Gasteiger partial charge in [-0.25, -0.2) is 13.2 Å². The van der Waals surface area contributed by atoms with Crippen LogP contribution in [0.4, 0.5) is 18.9 Å². The van der Waals surface area contributed by atoms with Gasteiger partial charge in [0.2, 0.25) is 11.8 Å². The summed E-state index contributed by atoms with van der Waals surface area (Å²) >= 11 is 0. The Morgan fingerprint density at radius 2 is 1.69 bits per heavy atom. The van der Waals surface area contributed by atoms with Crippen molar-refractivity contribution in [3.8, 4) is 0 Å². The number of hydrogen-bond donors (Lipinski definition) is 3. The molecule has 0 spiro atoms. The average molecular weight is 491 g/mol. The molecule has 35 heavy (non-hydrogen) atoms. The minimum atomic E-state index is -1.29. The Morgan fingerprint density at radius 3 is 2.29 bits per heavy atom. The standard InChI is InChI=1S/C25H29F3N4O3/c1-13(2)20(30-23(33)14(3)29-4)25(35)32-11-10-15-12-16(26)8-9-17(15)22(32)24(34)31-21-18(27)6-5-7-19(21)28/h5-9,12-14,20,22,29H,10-11H2,1-4H3,(H,30,33)(H,31,34)/t14-,20-,22?/m0/s1. The van der Waals surface area contributed by atoms with Crippen LogP contribution in [0.3, 0.4) is 0 Å². The van der Waals surface area contributed by atoms with Crippen LogP contribution in [0, 0.1) is 23.4 Å². The molecule has 3 rings (SSSR count). The number of fused-ring (bicyclic) bond motifs is 1. The topological polar surface area (TPSA) is 90.5 Å². The molecule has 0 aliphatic carbocycles. The van der Waals surface area contributed by atoms with Crippen LogP contribution in [0.15, 0.2) is 36.4 Å². The minimum absolute atomic E-state index is 0.0494. The molecule has 2 aromatic rings. The van der Waals surface area contributed by atoms with Gasteiger partial charge in [0.15, 0.2) is 0 Å². The predicted molar refractivity (Wildman–Crippen MR) is 125 cm³/mol. The molecule has 7 nitrogen and oxygen atoms in total. The zero-order valence-electron chi connectivity index (χ0n) is 20.0. The summed E-state index contributed by atoms with van der Waals surface area (Å²) in [4.78, 5) is 40.8. The Bertz CT molecular complexity index is 1100. The summed E-state index contributed by atoms with van der Waals surface area (Å²) in [5.74, 6) is -4.55. The molecule has 3 amide bonds. The molecular weight excluding hydrogens is 461 g/mol. The maximum atomic E-state index is 14.2. The van der Waals surface area contributed by atoms with Gasteiger partial charge in [0.25, 0.3) is 5.91 Å². The summed E-state index contributed by atoms with van der Waals surface area (Å²) in [6.07, 6.45) is 0.266. The van der Waals surface area contributed by atoms with Crippen molar-refractivity contribution in [1.29, 1.82) is 0 Å². The smallest absolute Gasteiger partial charge is 0.251 e. The second kappa shape index (κ2) is 10.9. The SMILES string of the molecule is CN[C@@H](C)C(=O)N[C@H](C(=O)N1CCc2cc(F)ccc2C1C(=O)Nc1c(F)cccc1F)C(C)C. The second-order valence-corrected chi connectivity index (χ2v) is 8.85. The Morgan fingerprint density at radius 1 is 1.03 bits per heavy atom. The fourth-order valence-electron chi connectivity index (χ4n) is 4.03. The van der Waals surface area contributed by atoms with E-state index in [0.717, 1.165) is 24.3 Å². The maximum absolute atomic E-state index is 14.2. The van der Waals surface area contributed by atoms with E-state index in [1.807, 2.05) is 0 Å². The fraction of sp³-hybridized carbons (Fsp3) is 0.400. The van der Waals surface area contributed by atoms with Crippen LogP contribution in [0.2, 0.25) is 0 Å². The quantitative estimate of drug-likeness (QED) is 0.557. The lowest BCUT2D eigenvalue weighted by Gasteiger charge is -2.39. The van der Waals surface area contributed by atoms with Crippen LogP contribution < -0.4 is 16.0 Å². The average Bonchev–Trinajstić information content (AvgIpc) is 2.82. The van der Waals surface area contributed by atoms with Gasteiger partial charge in [0.05, 0.1) is 6.04 Å². The van der Waals surface area contributed by atoms with Gasteiger partial charge < -0.3 is 20.9 Å². The Kier molecular flexibility index (Phi) is 8.16. The molecule has 1 unspecified atom stereocenters. The first kappa shape index (κ1) is 26.2. The number of carbonyl (C=O) groups is 3. The molecule has 0 radical (unpaired) electrons. The van der Waals surface area contributed by atoms with Crippen molar-refractivity contribution in [3.63, 3.8) is 0 Å². The molecular formula is C25H29F3N4O3. The number of amides is 3. The highest BCUT2D eigenvalue weighted by Crippen LogP contribution is 2.33. The molecule has 1 aliphatic heterocycles. The number of halogens is 3. The van der Waals surface area contributed by atoms with E-state index < -0.39 is 59.0 Å². The van der Waals surface area contributed by atoms with Crippen molar-refractivity contribution < 1.29 is 27.6 Å². The lowest BCUT2D eigenvalue weighted by Crippen LogP contribution is -2.57. The highest BCUT2D eigenvalue weighted by molar-refractivity contribution is 6.00. The molecule has 1 heterocycles. The van der Waals surface area contributed by atoms with Crippen molar-refractivity contribution in [1.82, 2.24) is 15.5 Å². The highest BCUT2D eigenvalue weighted by atomic mass is 19.1. The van der Waals surface area contributed by atoms with Crippen molar-refractivity contribution >= 4 is 23.4 Å². The molecule has 10 heteroatoms. The van der Waals surface area contributed by atoms with Gasteiger partial charge in [-0.2, -0.15) is 0 Å². The first-order valence-corrected chi connectivity index (χ1v) is 11.4.